The van der Waals surface area contributed by atoms with Crippen LogP contribution in [-0.4, -0.2) is 4.98 Å². The molecule has 1 heterocycles. The molecule has 0 saturated heterocycles. The molecule has 0 aliphatic rings. The number of halogens is 1. The fourth-order valence-corrected chi connectivity index (χ4v) is 1.73. The van der Waals surface area contributed by atoms with Crippen molar-refractivity contribution >= 4 is 11.6 Å². The molecule has 0 saturated carbocycles. The second-order valence-corrected chi connectivity index (χ2v) is 4.54. The standard InChI is InChI=1S/C14H15ClN2O/c1-10(16)13-3-2-8-17-14(13)18-9-11-4-6-12(15)7-5-11/h2-8,10H,9,16H2,1H3. The number of nitrogens with two attached hydrogens (primary N) is 1. The molecule has 2 rings (SSSR count). The van der Waals surface area contributed by atoms with Gasteiger partial charge in [-0.05, 0) is 30.7 Å². The van der Waals surface area contributed by atoms with Gasteiger partial charge in [0.15, 0.2) is 0 Å². The Balaban J connectivity index is 2.08. The van der Waals surface area contributed by atoms with E-state index in [9.17, 15) is 0 Å². The van der Waals surface area contributed by atoms with E-state index >= 15 is 0 Å². The van der Waals surface area contributed by atoms with Gasteiger partial charge in [0.2, 0.25) is 5.88 Å². The van der Waals surface area contributed by atoms with Crippen LogP contribution in [0, 0.1) is 0 Å². The van der Waals surface area contributed by atoms with Crippen molar-refractivity contribution in [3.05, 3.63) is 58.7 Å². The molecule has 3 nitrogen and oxygen atoms in total. The van der Waals surface area contributed by atoms with E-state index in [0.717, 1.165) is 11.1 Å². The number of aromatic nitrogens is 1. The monoisotopic (exact) mass is 262 g/mol. The first-order chi connectivity index (χ1) is 8.66. The molecule has 1 aromatic carbocycles. The Kier molecular flexibility index (Phi) is 4.18. The summed E-state index contributed by atoms with van der Waals surface area (Å²) in [7, 11) is 0. The summed E-state index contributed by atoms with van der Waals surface area (Å²) in [5.41, 5.74) is 7.82. The van der Waals surface area contributed by atoms with Crippen molar-refractivity contribution in [2.75, 3.05) is 0 Å². The van der Waals surface area contributed by atoms with Gasteiger partial charge in [0, 0.05) is 22.8 Å². The van der Waals surface area contributed by atoms with Gasteiger partial charge in [0.05, 0.1) is 0 Å². The van der Waals surface area contributed by atoms with Gasteiger partial charge >= 0.3 is 0 Å². The van der Waals surface area contributed by atoms with Crippen molar-refractivity contribution < 1.29 is 4.74 Å². The van der Waals surface area contributed by atoms with E-state index in [0.29, 0.717) is 17.5 Å². The van der Waals surface area contributed by atoms with E-state index in [1.807, 2.05) is 43.3 Å². The Morgan fingerprint density at radius 1 is 1.28 bits per heavy atom. The number of rotatable bonds is 4. The summed E-state index contributed by atoms with van der Waals surface area (Å²) in [5.74, 6) is 0.586. The van der Waals surface area contributed by atoms with Gasteiger partial charge in [-0.25, -0.2) is 4.98 Å². The summed E-state index contributed by atoms with van der Waals surface area (Å²) >= 11 is 5.83. The van der Waals surface area contributed by atoms with Crippen LogP contribution in [0.4, 0.5) is 0 Å². The lowest BCUT2D eigenvalue weighted by Crippen LogP contribution is -2.09. The highest BCUT2D eigenvalue weighted by atomic mass is 35.5. The van der Waals surface area contributed by atoms with Crippen LogP contribution in [0.25, 0.3) is 0 Å². The summed E-state index contributed by atoms with van der Waals surface area (Å²) < 4.78 is 5.69. The lowest BCUT2D eigenvalue weighted by Gasteiger charge is -2.12. The molecular weight excluding hydrogens is 248 g/mol. The molecule has 94 valence electrons. The predicted octanol–water partition coefficient (Wildman–Crippen LogP) is 3.33. The van der Waals surface area contributed by atoms with Gasteiger partial charge in [-0.2, -0.15) is 0 Å². The smallest absolute Gasteiger partial charge is 0.218 e. The number of hydrogen-bond donors (Lipinski definition) is 1. The van der Waals surface area contributed by atoms with Crippen LogP contribution in [0.15, 0.2) is 42.6 Å². The number of pyridine rings is 1. The van der Waals surface area contributed by atoms with E-state index in [1.54, 1.807) is 6.20 Å². The second kappa shape index (κ2) is 5.85. The minimum absolute atomic E-state index is 0.0982. The van der Waals surface area contributed by atoms with E-state index < -0.39 is 0 Å². The predicted molar refractivity (Wildman–Crippen MR) is 72.6 cm³/mol. The molecular formula is C14H15ClN2O. The maximum Gasteiger partial charge on any atom is 0.218 e. The van der Waals surface area contributed by atoms with Crippen molar-refractivity contribution in [3.63, 3.8) is 0 Å². The fourth-order valence-electron chi connectivity index (χ4n) is 1.60. The number of ether oxygens (including phenoxy) is 1. The highest BCUT2D eigenvalue weighted by Crippen LogP contribution is 2.21. The number of benzene rings is 1. The highest BCUT2D eigenvalue weighted by molar-refractivity contribution is 6.30. The molecule has 2 aromatic rings. The highest BCUT2D eigenvalue weighted by Gasteiger charge is 2.08. The normalized spacial score (nSPS) is 12.2. The minimum Gasteiger partial charge on any atom is -0.473 e. The molecule has 18 heavy (non-hydrogen) atoms. The third kappa shape index (κ3) is 3.22. The van der Waals surface area contributed by atoms with E-state index in [1.165, 1.54) is 0 Å². The van der Waals surface area contributed by atoms with Crippen LogP contribution in [0.3, 0.4) is 0 Å². The summed E-state index contributed by atoms with van der Waals surface area (Å²) in [6.45, 7) is 2.36. The van der Waals surface area contributed by atoms with Crippen molar-refractivity contribution in [1.82, 2.24) is 4.98 Å². The molecule has 0 aliphatic carbocycles. The maximum atomic E-state index is 5.87. The number of hydrogen-bond acceptors (Lipinski definition) is 3. The topological polar surface area (TPSA) is 48.1 Å². The van der Waals surface area contributed by atoms with E-state index in [2.05, 4.69) is 4.98 Å². The fraction of sp³-hybridized carbons (Fsp3) is 0.214. The first-order valence-electron chi connectivity index (χ1n) is 5.74. The van der Waals surface area contributed by atoms with Crippen molar-refractivity contribution in [3.8, 4) is 5.88 Å². The van der Waals surface area contributed by atoms with Gasteiger partial charge in [0.25, 0.3) is 0 Å². The first-order valence-corrected chi connectivity index (χ1v) is 6.12. The Morgan fingerprint density at radius 3 is 2.67 bits per heavy atom. The van der Waals surface area contributed by atoms with Gasteiger partial charge in [-0.15, -0.1) is 0 Å². The average Bonchev–Trinajstić information content (AvgIpc) is 2.38. The molecule has 4 heteroatoms. The first kappa shape index (κ1) is 12.9. The quantitative estimate of drug-likeness (QED) is 0.919. The van der Waals surface area contributed by atoms with Crippen LogP contribution in [0.2, 0.25) is 5.02 Å². The van der Waals surface area contributed by atoms with Crippen LogP contribution < -0.4 is 10.5 Å². The lowest BCUT2D eigenvalue weighted by atomic mass is 10.1. The lowest BCUT2D eigenvalue weighted by molar-refractivity contribution is 0.289. The molecule has 0 bridgehead atoms. The Bertz CT molecular complexity index is 511. The SMILES string of the molecule is CC(N)c1cccnc1OCc1ccc(Cl)cc1. The summed E-state index contributed by atoms with van der Waals surface area (Å²) in [6, 6.07) is 11.2. The maximum absolute atomic E-state index is 5.87. The zero-order valence-corrected chi connectivity index (χ0v) is 10.9. The van der Waals surface area contributed by atoms with E-state index in [4.69, 9.17) is 22.1 Å². The molecule has 0 spiro atoms. The minimum atomic E-state index is -0.0982. The molecule has 0 radical (unpaired) electrons. The molecule has 0 fully saturated rings. The molecule has 0 aliphatic heterocycles. The van der Waals surface area contributed by atoms with Gasteiger partial charge < -0.3 is 10.5 Å². The third-order valence-electron chi connectivity index (χ3n) is 2.58. The zero-order valence-electron chi connectivity index (χ0n) is 10.1. The molecule has 1 aromatic heterocycles. The van der Waals surface area contributed by atoms with Crippen molar-refractivity contribution in [2.24, 2.45) is 5.73 Å². The summed E-state index contributed by atoms with van der Waals surface area (Å²) in [6.07, 6.45) is 1.70. The van der Waals surface area contributed by atoms with Gasteiger partial charge in [-0.1, -0.05) is 29.8 Å². The molecule has 2 N–H and O–H groups in total. The van der Waals surface area contributed by atoms with Crippen molar-refractivity contribution in [2.45, 2.75) is 19.6 Å². The Hall–Kier alpha value is -1.58. The summed E-state index contributed by atoms with van der Waals surface area (Å²) in [5, 5.41) is 0.716. The number of nitrogens with zero attached hydrogens (tertiary/aromatic N) is 1. The third-order valence-corrected chi connectivity index (χ3v) is 2.83. The molecule has 0 amide bonds. The van der Waals surface area contributed by atoms with Crippen LogP contribution in [0.1, 0.15) is 24.1 Å². The summed E-state index contributed by atoms with van der Waals surface area (Å²) in [4.78, 5) is 4.20. The second-order valence-electron chi connectivity index (χ2n) is 4.10. The van der Waals surface area contributed by atoms with Crippen molar-refractivity contribution in [1.29, 1.82) is 0 Å². The largest absolute Gasteiger partial charge is 0.473 e. The van der Waals surface area contributed by atoms with Crippen LogP contribution >= 0.6 is 11.6 Å². The Morgan fingerprint density at radius 2 is 2.00 bits per heavy atom. The zero-order chi connectivity index (χ0) is 13.0. The van der Waals surface area contributed by atoms with Crippen LogP contribution in [-0.2, 0) is 6.61 Å². The van der Waals surface area contributed by atoms with Gasteiger partial charge in [-0.3, -0.25) is 0 Å². The Labute approximate surface area is 112 Å². The molecule has 1 atom stereocenters. The molecule has 1 unspecified atom stereocenters. The van der Waals surface area contributed by atoms with E-state index in [-0.39, 0.29) is 6.04 Å². The average molecular weight is 263 g/mol. The van der Waals surface area contributed by atoms with Gasteiger partial charge in [0.1, 0.15) is 6.61 Å². The van der Waals surface area contributed by atoms with Crippen LogP contribution in [0.5, 0.6) is 5.88 Å².